The first-order valence-electron chi connectivity index (χ1n) is 6.85. The van der Waals surface area contributed by atoms with Crippen molar-refractivity contribution in [2.24, 2.45) is 0 Å². The maximum absolute atomic E-state index is 11.3. The number of fused-ring (bicyclic) bond motifs is 1. The molecule has 0 aliphatic carbocycles. The summed E-state index contributed by atoms with van der Waals surface area (Å²) >= 11 is 3.91. The van der Waals surface area contributed by atoms with Crippen LogP contribution >= 0.6 is 12.6 Å². The molecule has 1 amide bonds. The minimum absolute atomic E-state index is 0.106. The van der Waals surface area contributed by atoms with Gasteiger partial charge in [-0.05, 0) is 12.1 Å². The summed E-state index contributed by atoms with van der Waals surface area (Å²) < 4.78 is 0. The zero-order chi connectivity index (χ0) is 16.2. The lowest BCUT2D eigenvalue weighted by atomic mass is 10.2. The number of hydrogen-bond donors (Lipinski definition) is 2. The van der Waals surface area contributed by atoms with Gasteiger partial charge in [0, 0.05) is 12.4 Å². The molecular formula is C15H14N6OS. The molecule has 3 aromatic rings. The topological polar surface area (TPSA) is 83.9 Å². The first-order valence-corrected chi connectivity index (χ1v) is 7.48. The van der Waals surface area contributed by atoms with Crippen LogP contribution < -0.4 is 10.2 Å². The molecule has 0 spiro atoms. The number of carbonyl (C=O) groups excluding carboxylic acids is 1. The second-order valence-corrected chi connectivity index (χ2v) is 5.07. The standard InChI is InChI=1S/C15H14N6OS/c1-21(14-11-4-2-3-5-12(11)18-9-19-14)15-16-6-10(7-17-15)20-13(22)8-23/h2-7,9,23H,8H2,1H3,(H,20,22). The zero-order valence-electron chi connectivity index (χ0n) is 12.3. The highest BCUT2D eigenvalue weighted by atomic mass is 32.1. The fourth-order valence-corrected chi connectivity index (χ4v) is 2.19. The Morgan fingerprint density at radius 1 is 1.17 bits per heavy atom. The lowest BCUT2D eigenvalue weighted by Crippen LogP contribution is -2.16. The Morgan fingerprint density at radius 3 is 2.65 bits per heavy atom. The molecule has 1 N–H and O–H groups in total. The van der Waals surface area contributed by atoms with E-state index in [0.717, 1.165) is 10.9 Å². The maximum Gasteiger partial charge on any atom is 0.234 e. The Balaban J connectivity index is 1.90. The van der Waals surface area contributed by atoms with E-state index < -0.39 is 0 Å². The predicted molar refractivity (Wildman–Crippen MR) is 92.1 cm³/mol. The molecule has 7 nitrogen and oxygen atoms in total. The molecule has 2 heterocycles. The van der Waals surface area contributed by atoms with Gasteiger partial charge in [0.2, 0.25) is 11.9 Å². The van der Waals surface area contributed by atoms with Crippen molar-refractivity contribution < 1.29 is 4.79 Å². The van der Waals surface area contributed by atoms with Crippen LogP contribution in [-0.2, 0) is 4.79 Å². The Bertz CT molecular complexity index is 833. The fraction of sp³-hybridized carbons (Fsp3) is 0.133. The van der Waals surface area contributed by atoms with Crippen molar-refractivity contribution in [3.63, 3.8) is 0 Å². The van der Waals surface area contributed by atoms with Crippen molar-refractivity contribution >= 4 is 46.9 Å². The second kappa shape index (κ2) is 6.57. The van der Waals surface area contributed by atoms with Gasteiger partial charge in [-0.3, -0.25) is 9.69 Å². The zero-order valence-corrected chi connectivity index (χ0v) is 13.2. The summed E-state index contributed by atoms with van der Waals surface area (Å²) in [6.45, 7) is 0. The lowest BCUT2D eigenvalue weighted by Gasteiger charge is -2.17. The van der Waals surface area contributed by atoms with E-state index in [1.807, 2.05) is 31.3 Å². The molecule has 0 aliphatic heterocycles. The summed E-state index contributed by atoms with van der Waals surface area (Å²) in [4.78, 5) is 30.2. The third-order valence-corrected chi connectivity index (χ3v) is 3.49. The van der Waals surface area contributed by atoms with Gasteiger partial charge in [-0.1, -0.05) is 12.1 Å². The summed E-state index contributed by atoms with van der Waals surface area (Å²) in [7, 11) is 1.83. The highest BCUT2D eigenvalue weighted by molar-refractivity contribution is 7.81. The van der Waals surface area contributed by atoms with Crippen LogP contribution in [0.4, 0.5) is 17.5 Å². The number of carbonyl (C=O) groups is 1. The first-order chi connectivity index (χ1) is 11.2. The van der Waals surface area contributed by atoms with Crippen LogP contribution in [0.15, 0.2) is 43.0 Å². The van der Waals surface area contributed by atoms with Crippen molar-refractivity contribution in [1.82, 2.24) is 19.9 Å². The molecule has 3 rings (SSSR count). The van der Waals surface area contributed by atoms with Crippen LogP contribution in [0.3, 0.4) is 0 Å². The number of rotatable bonds is 4. The van der Waals surface area contributed by atoms with E-state index in [9.17, 15) is 4.79 Å². The number of anilines is 3. The Kier molecular flexibility index (Phi) is 4.33. The van der Waals surface area contributed by atoms with Crippen LogP contribution in [0.5, 0.6) is 0 Å². The van der Waals surface area contributed by atoms with Gasteiger partial charge in [0.05, 0.1) is 29.4 Å². The molecular weight excluding hydrogens is 312 g/mol. The molecule has 0 saturated heterocycles. The molecule has 1 aromatic carbocycles. The average molecular weight is 326 g/mol. The predicted octanol–water partition coefficient (Wildman–Crippen LogP) is 2.06. The van der Waals surface area contributed by atoms with Crippen molar-refractivity contribution in [3.05, 3.63) is 43.0 Å². The molecule has 0 unspecified atom stereocenters. The summed E-state index contributed by atoms with van der Waals surface area (Å²) in [5, 5.41) is 3.55. The quantitative estimate of drug-likeness (QED) is 0.714. The van der Waals surface area contributed by atoms with Crippen LogP contribution in [0.2, 0.25) is 0 Å². The number of para-hydroxylation sites is 1. The Hall–Kier alpha value is -2.74. The van der Waals surface area contributed by atoms with Gasteiger partial charge in [-0.25, -0.2) is 19.9 Å². The van der Waals surface area contributed by atoms with Crippen LogP contribution in [0.1, 0.15) is 0 Å². The van der Waals surface area contributed by atoms with Gasteiger partial charge in [0.25, 0.3) is 0 Å². The molecule has 0 radical (unpaired) electrons. The van der Waals surface area contributed by atoms with Crippen molar-refractivity contribution in [1.29, 1.82) is 0 Å². The fourth-order valence-electron chi connectivity index (χ4n) is 2.11. The van der Waals surface area contributed by atoms with E-state index in [4.69, 9.17) is 0 Å². The smallest absolute Gasteiger partial charge is 0.234 e. The van der Waals surface area contributed by atoms with Crippen LogP contribution in [0.25, 0.3) is 10.9 Å². The van der Waals surface area contributed by atoms with E-state index in [2.05, 4.69) is 37.9 Å². The SMILES string of the molecule is CN(c1ncc(NC(=O)CS)cn1)c1ncnc2ccccc12. The van der Waals surface area contributed by atoms with Crippen molar-refractivity contribution in [2.75, 3.05) is 23.0 Å². The first kappa shape index (κ1) is 15.2. The largest absolute Gasteiger partial charge is 0.323 e. The molecule has 0 saturated carbocycles. The van der Waals surface area contributed by atoms with Crippen molar-refractivity contribution in [3.8, 4) is 0 Å². The monoisotopic (exact) mass is 326 g/mol. The van der Waals surface area contributed by atoms with Gasteiger partial charge in [0.15, 0.2) is 0 Å². The van der Waals surface area contributed by atoms with Crippen LogP contribution in [0, 0.1) is 0 Å². The van der Waals surface area contributed by atoms with Gasteiger partial charge in [0.1, 0.15) is 12.1 Å². The molecule has 23 heavy (non-hydrogen) atoms. The minimum atomic E-state index is -0.208. The molecule has 8 heteroatoms. The number of nitrogens with one attached hydrogen (secondary N) is 1. The molecule has 0 aliphatic rings. The Labute approximate surface area is 138 Å². The number of amides is 1. The number of thiol groups is 1. The summed E-state index contributed by atoms with van der Waals surface area (Å²) in [6.07, 6.45) is 4.60. The lowest BCUT2D eigenvalue weighted by molar-refractivity contribution is -0.113. The molecule has 116 valence electrons. The van der Waals surface area contributed by atoms with Crippen LogP contribution in [-0.4, -0.2) is 38.6 Å². The summed E-state index contributed by atoms with van der Waals surface area (Å²) in [6, 6.07) is 7.72. The summed E-state index contributed by atoms with van der Waals surface area (Å²) in [5.74, 6) is 1.08. The van der Waals surface area contributed by atoms with Gasteiger partial charge in [-0.2, -0.15) is 12.6 Å². The molecule has 0 atom stereocenters. The number of hydrogen-bond acceptors (Lipinski definition) is 7. The highest BCUT2D eigenvalue weighted by Crippen LogP contribution is 2.25. The third-order valence-electron chi connectivity index (χ3n) is 3.21. The maximum atomic E-state index is 11.3. The van der Waals surface area contributed by atoms with Gasteiger partial charge in [-0.15, -0.1) is 0 Å². The average Bonchev–Trinajstić information content (AvgIpc) is 2.61. The number of nitrogens with zero attached hydrogens (tertiary/aromatic N) is 5. The van der Waals surface area contributed by atoms with E-state index in [0.29, 0.717) is 17.5 Å². The Morgan fingerprint density at radius 2 is 1.91 bits per heavy atom. The van der Waals surface area contributed by atoms with Gasteiger partial charge < -0.3 is 5.32 Å². The molecule has 0 bridgehead atoms. The normalized spacial score (nSPS) is 10.5. The molecule has 2 aromatic heterocycles. The summed E-state index contributed by atoms with van der Waals surface area (Å²) in [5.41, 5.74) is 1.37. The molecule has 0 fully saturated rings. The van der Waals surface area contributed by atoms with Crippen molar-refractivity contribution in [2.45, 2.75) is 0 Å². The highest BCUT2D eigenvalue weighted by Gasteiger charge is 2.12. The van der Waals surface area contributed by atoms with E-state index in [1.165, 1.54) is 6.33 Å². The number of benzene rings is 1. The van der Waals surface area contributed by atoms with E-state index >= 15 is 0 Å². The van der Waals surface area contributed by atoms with E-state index in [1.54, 1.807) is 17.3 Å². The van der Waals surface area contributed by atoms with E-state index in [-0.39, 0.29) is 11.7 Å². The third kappa shape index (κ3) is 3.21. The second-order valence-electron chi connectivity index (χ2n) is 4.75. The number of aromatic nitrogens is 4. The minimum Gasteiger partial charge on any atom is -0.323 e. The van der Waals surface area contributed by atoms with Gasteiger partial charge >= 0.3 is 0 Å².